The Labute approximate surface area is 89.6 Å². The van der Waals surface area contributed by atoms with E-state index in [2.05, 4.69) is 6.07 Å². The number of fused-ring (bicyclic) bond motifs is 1. The first-order valence-corrected chi connectivity index (χ1v) is 5.03. The number of rotatable bonds is 0. The molecule has 0 unspecified atom stereocenters. The van der Waals surface area contributed by atoms with Crippen molar-refractivity contribution in [3.63, 3.8) is 0 Å². The summed E-state index contributed by atoms with van der Waals surface area (Å²) >= 11 is 7.32. The molecule has 0 radical (unpaired) electrons. The molecular formula is C10H3ClN2S. The smallest absolute Gasteiger partial charge is 0.101 e. The van der Waals surface area contributed by atoms with Crippen LogP contribution in [0.2, 0.25) is 5.02 Å². The Morgan fingerprint density at radius 1 is 1.29 bits per heavy atom. The van der Waals surface area contributed by atoms with E-state index in [0.717, 1.165) is 10.1 Å². The van der Waals surface area contributed by atoms with Gasteiger partial charge in [0.25, 0.3) is 0 Å². The average Bonchev–Trinajstić information content (AvgIpc) is 2.65. The van der Waals surface area contributed by atoms with Gasteiger partial charge >= 0.3 is 0 Å². The largest absolute Gasteiger partial charge is 0.192 e. The Morgan fingerprint density at radius 2 is 2.07 bits per heavy atom. The van der Waals surface area contributed by atoms with Gasteiger partial charge in [-0.2, -0.15) is 10.5 Å². The lowest BCUT2D eigenvalue weighted by molar-refractivity contribution is 1.49. The van der Waals surface area contributed by atoms with Gasteiger partial charge in [0.1, 0.15) is 12.1 Å². The molecule has 0 bridgehead atoms. The highest BCUT2D eigenvalue weighted by Crippen LogP contribution is 2.32. The standard InChI is InChI=1S/C10H3ClN2S/c11-9-3-6(4-12)10-7(1-2-14-10)8(9)5-13/h1-3H. The van der Waals surface area contributed by atoms with Crippen LogP contribution in [0.25, 0.3) is 10.1 Å². The lowest BCUT2D eigenvalue weighted by Crippen LogP contribution is -1.82. The molecule has 1 aromatic heterocycles. The summed E-state index contributed by atoms with van der Waals surface area (Å²) in [5, 5.41) is 20.7. The molecule has 0 saturated heterocycles. The van der Waals surface area contributed by atoms with Gasteiger partial charge < -0.3 is 0 Å². The second-order valence-electron chi connectivity index (χ2n) is 2.67. The van der Waals surface area contributed by atoms with Crippen LogP contribution in [0.15, 0.2) is 17.5 Å². The highest BCUT2D eigenvalue weighted by molar-refractivity contribution is 7.17. The summed E-state index contributed by atoms with van der Waals surface area (Å²) < 4.78 is 0.827. The second-order valence-corrected chi connectivity index (χ2v) is 3.99. The van der Waals surface area contributed by atoms with Gasteiger partial charge in [-0.25, -0.2) is 0 Å². The van der Waals surface area contributed by atoms with Crippen LogP contribution in [0.5, 0.6) is 0 Å². The summed E-state index contributed by atoms with van der Waals surface area (Å²) in [5.74, 6) is 0. The van der Waals surface area contributed by atoms with Crippen LogP contribution in [0, 0.1) is 22.7 Å². The van der Waals surface area contributed by atoms with Crippen LogP contribution in [-0.2, 0) is 0 Å². The van der Waals surface area contributed by atoms with Gasteiger partial charge in [-0.3, -0.25) is 0 Å². The van der Waals surface area contributed by atoms with E-state index in [1.54, 1.807) is 6.07 Å². The van der Waals surface area contributed by atoms with E-state index in [4.69, 9.17) is 22.1 Å². The summed E-state index contributed by atoms with van der Waals surface area (Å²) in [6, 6.07) is 7.46. The summed E-state index contributed by atoms with van der Waals surface area (Å²) in [6.07, 6.45) is 0. The van der Waals surface area contributed by atoms with E-state index in [9.17, 15) is 0 Å². The van der Waals surface area contributed by atoms with Crippen LogP contribution in [0.3, 0.4) is 0 Å². The molecule has 0 fully saturated rings. The Balaban J connectivity index is 3.00. The minimum absolute atomic E-state index is 0.343. The molecule has 14 heavy (non-hydrogen) atoms. The number of hydrogen-bond donors (Lipinski definition) is 0. The van der Waals surface area contributed by atoms with Crippen molar-refractivity contribution in [2.75, 3.05) is 0 Å². The first-order chi connectivity index (χ1) is 6.77. The molecule has 4 heteroatoms. The molecule has 2 rings (SSSR count). The lowest BCUT2D eigenvalue weighted by atomic mass is 10.1. The van der Waals surface area contributed by atoms with Crippen molar-refractivity contribution in [1.29, 1.82) is 10.5 Å². The van der Waals surface area contributed by atoms with Gasteiger partial charge in [0.15, 0.2) is 0 Å². The molecule has 2 aromatic rings. The van der Waals surface area contributed by atoms with Crippen molar-refractivity contribution in [3.05, 3.63) is 33.7 Å². The van der Waals surface area contributed by atoms with E-state index < -0.39 is 0 Å². The van der Waals surface area contributed by atoms with Crippen molar-refractivity contribution >= 4 is 33.0 Å². The number of benzene rings is 1. The first-order valence-electron chi connectivity index (χ1n) is 3.78. The third-order valence-electron chi connectivity index (χ3n) is 1.92. The molecule has 0 atom stereocenters. The van der Waals surface area contributed by atoms with Crippen molar-refractivity contribution in [2.45, 2.75) is 0 Å². The van der Waals surface area contributed by atoms with Crippen molar-refractivity contribution in [2.24, 2.45) is 0 Å². The molecule has 0 aliphatic rings. The molecule has 0 saturated carbocycles. The Bertz CT molecular complexity index is 586. The van der Waals surface area contributed by atoms with Gasteiger partial charge in [-0.1, -0.05) is 11.6 Å². The van der Waals surface area contributed by atoms with E-state index >= 15 is 0 Å². The molecule has 0 aliphatic heterocycles. The molecule has 0 N–H and O–H groups in total. The SMILES string of the molecule is N#Cc1c(Cl)cc(C#N)c2sccc12. The molecular weight excluding hydrogens is 216 g/mol. The number of hydrogen-bond acceptors (Lipinski definition) is 3. The Hall–Kier alpha value is -1.55. The quantitative estimate of drug-likeness (QED) is 0.681. The fraction of sp³-hybridized carbons (Fsp3) is 0. The van der Waals surface area contributed by atoms with Crippen LogP contribution in [0.4, 0.5) is 0 Å². The van der Waals surface area contributed by atoms with E-state index in [-0.39, 0.29) is 0 Å². The molecule has 1 aromatic carbocycles. The van der Waals surface area contributed by atoms with Gasteiger partial charge in [-0.05, 0) is 17.5 Å². The highest BCUT2D eigenvalue weighted by Gasteiger charge is 2.11. The Morgan fingerprint density at radius 3 is 2.71 bits per heavy atom. The fourth-order valence-electron chi connectivity index (χ4n) is 1.30. The van der Waals surface area contributed by atoms with Gasteiger partial charge in [0.2, 0.25) is 0 Å². The molecule has 2 nitrogen and oxygen atoms in total. The number of thiophene rings is 1. The summed E-state index contributed by atoms with van der Waals surface area (Å²) in [5.41, 5.74) is 0.973. The number of nitriles is 2. The maximum absolute atomic E-state index is 8.89. The average molecular weight is 219 g/mol. The predicted octanol–water partition coefficient (Wildman–Crippen LogP) is 3.30. The maximum Gasteiger partial charge on any atom is 0.101 e. The van der Waals surface area contributed by atoms with Crippen LogP contribution in [-0.4, -0.2) is 0 Å². The van der Waals surface area contributed by atoms with Gasteiger partial charge in [0.05, 0.1) is 20.8 Å². The van der Waals surface area contributed by atoms with Crippen molar-refractivity contribution in [3.8, 4) is 12.1 Å². The second kappa shape index (κ2) is 3.31. The zero-order valence-corrected chi connectivity index (χ0v) is 8.49. The Kier molecular flexibility index (Phi) is 2.13. The third-order valence-corrected chi connectivity index (χ3v) is 3.17. The van der Waals surface area contributed by atoms with Gasteiger partial charge in [-0.15, -0.1) is 11.3 Å². The van der Waals surface area contributed by atoms with E-state index in [1.165, 1.54) is 11.3 Å². The van der Waals surface area contributed by atoms with Crippen molar-refractivity contribution < 1.29 is 0 Å². The number of nitrogens with zero attached hydrogens (tertiary/aromatic N) is 2. The summed E-state index contributed by atoms with van der Waals surface area (Å²) in [6.45, 7) is 0. The topological polar surface area (TPSA) is 47.6 Å². The first kappa shape index (κ1) is 9.02. The van der Waals surface area contributed by atoms with Crippen LogP contribution < -0.4 is 0 Å². The molecule has 66 valence electrons. The lowest BCUT2D eigenvalue weighted by Gasteiger charge is -1.98. The maximum atomic E-state index is 8.89. The van der Waals surface area contributed by atoms with E-state index in [0.29, 0.717) is 16.1 Å². The van der Waals surface area contributed by atoms with E-state index in [1.807, 2.05) is 17.5 Å². The highest BCUT2D eigenvalue weighted by atomic mass is 35.5. The zero-order valence-electron chi connectivity index (χ0n) is 6.91. The summed E-state index contributed by atoms with van der Waals surface area (Å²) in [7, 11) is 0. The molecule has 1 heterocycles. The minimum atomic E-state index is 0.343. The zero-order chi connectivity index (χ0) is 10.1. The van der Waals surface area contributed by atoms with Crippen LogP contribution >= 0.6 is 22.9 Å². The molecule has 0 amide bonds. The molecule has 0 spiro atoms. The van der Waals surface area contributed by atoms with Crippen molar-refractivity contribution in [1.82, 2.24) is 0 Å². The third kappa shape index (κ3) is 1.15. The predicted molar refractivity (Wildman–Crippen MR) is 56.3 cm³/mol. The molecule has 0 aliphatic carbocycles. The fourth-order valence-corrected chi connectivity index (χ4v) is 2.43. The normalized spacial score (nSPS) is 9.64. The monoisotopic (exact) mass is 218 g/mol. The number of halogens is 1. The minimum Gasteiger partial charge on any atom is -0.192 e. The van der Waals surface area contributed by atoms with Crippen LogP contribution in [0.1, 0.15) is 11.1 Å². The summed E-state index contributed by atoms with van der Waals surface area (Å²) in [4.78, 5) is 0. The van der Waals surface area contributed by atoms with Gasteiger partial charge in [0, 0.05) is 5.39 Å².